The zero-order valence-corrected chi connectivity index (χ0v) is 13.0. The highest BCUT2D eigenvalue weighted by Gasteiger charge is 2.21. The van der Waals surface area contributed by atoms with Gasteiger partial charge in [-0.15, -0.1) is 0 Å². The molecule has 5 nitrogen and oxygen atoms in total. The number of nitrogens with one attached hydrogen (secondary N) is 1. The second kappa shape index (κ2) is 6.60. The molecule has 1 fully saturated rings. The highest BCUT2D eigenvalue weighted by molar-refractivity contribution is 5.97. The Morgan fingerprint density at radius 2 is 1.87 bits per heavy atom. The average molecular weight is 309 g/mol. The number of anilines is 1. The lowest BCUT2D eigenvalue weighted by Crippen LogP contribution is -2.27. The molecule has 1 saturated heterocycles. The van der Waals surface area contributed by atoms with Crippen LogP contribution >= 0.6 is 0 Å². The Labute approximate surface area is 135 Å². The molecule has 1 aromatic carbocycles. The van der Waals surface area contributed by atoms with Crippen molar-refractivity contribution in [1.82, 2.24) is 10.3 Å². The van der Waals surface area contributed by atoms with E-state index in [9.17, 15) is 9.59 Å². The number of benzene rings is 1. The Balaban J connectivity index is 1.67. The summed E-state index contributed by atoms with van der Waals surface area (Å²) in [5.41, 5.74) is 2.44. The third kappa shape index (κ3) is 3.39. The number of carbonyl (C=O) groups is 2. The summed E-state index contributed by atoms with van der Waals surface area (Å²) < 4.78 is 0. The minimum absolute atomic E-state index is 0.0923. The first kappa shape index (κ1) is 15.2. The predicted molar refractivity (Wildman–Crippen MR) is 88.1 cm³/mol. The number of rotatable bonds is 4. The topological polar surface area (TPSA) is 62.3 Å². The van der Waals surface area contributed by atoms with E-state index in [2.05, 4.69) is 10.3 Å². The lowest BCUT2D eigenvalue weighted by molar-refractivity contribution is -0.117. The van der Waals surface area contributed by atoms with Crippen molar-refractivity contribution in [1.29, 1.82) is 0 Å². The monoisotopic (exact) mass is 309 g/mol. The van der Waals surface area contributed by atoms with Gasteiger partial charge in [0, 0.05) is 36.6 Å². The molecule has 0 spiro atoms. The van der Waals surface area contributed by atoms with Crippen LogP contribution in [0, 0.1) is 0 Å². The van der Waals surface area contributed by atoms with Crippen LogP contribution in [-0.4, -0.2) is 23.3 Å². The number of pyridine rings is 1. The molecule has 2 heterocycles. The molecule has 1 N–H and O–H groups in total. The van der Waals surface area contributed by atoms with Gasteiger partial charge < -0.3 is 10.2 Å². The summed E-state index contributed by atoms with van der Waals surface area (Å²) in [6.45, 7) is 2.69. The maximum Gasteiger partial charge on any atom is 0.251 e. The molecule has 1 aromatic heterocycles. The zero-order valence-electron chi connectivity index (χ0n) is 13.0. The lowest BCUT2D eigenvalue weighted by Gasteiger charge is -2.17. The molecule has 5 heteroatoms. The molecule has 0 unspecified atom stereocenters. The van der Waals surface area contributed by atoms with Crippen molar-refractivity contribution in [3.8, 4) is 0 Å². The number of nitrogens with zero attached hydrogens (tertiary/aromatic N) is 2. The minimum Gasteiger partial charge on any atom is -0.346 e. The van der Waals surface area contributed by atoms with E-state index in [1.807, 2.05) is 31.2 Å². The number of amides is 2. The second-order valence-corrected chi connectivity index (χ2v) is 5.67. The Morgan fingerprint density at radius 1 is 1.17 bits per heavy atom. The molecule has 23 heavy (non-hydrogen) atoms. The molecule has 2 aromatic rings. The van der Waals surface area contributed by atoms with Gasteiger partial charge >= 0.3 is 0 Å². The van der Waals surface area contributed by atoms with Gasteiger partial charge in [-0.25, -0.2) is 0 Å². The second-order valence-electron chi connectivity index (χ2n) is 5.67. The van der Waals surface area contributed by atoms with Crippen LogP contribution in [0.2, 0.25) is 0 Å². The maximum atomic E-state index is 12.3. The Hall–Kier alpha value is -2.69. The van der Waals surface area contributed by atoms with E-state index in [-0.39, 0.29) is 17.9 Å². The van der Waals surface area contributed by atoms with Crippen LogP contribution in [0.4, 0.5) is 5.69 Å². The van der Waals surface area contributed by atoms with E-state index in [0.29, 0.717) is 12.0 Å². The molecule has 2 amide bonds. The van der Waals surface area contributed by atoms with Crippen LogP contribution in [-0.2, 0) is 4.79 Å². The van der Waals surface area contributed by atoms with E-state index in [4.69, 9.17) is 0 Å². The van der Waals surface area contributed by atoms with Gasteiger partial charge in [-0.1, -0.05) is 0 Å². The molecule has 0 saturated carbocycles. The average Bonchev–Trinajstić information content (AvgIpc) is 3.02. The van der Waals surface area contributed by atoms with E-state index < -0.39 is 0 Å². The molecule has 0 radical (unpaired) electrons. The van der Waals surface area contributed by atoms with Crippen molar-refractivity contribution in [2.45, 2.75) is 25.8 Å². The summed E-state index contributed by atoms with van der Waals surface area (Å²) >= 11 is 0. The van der Waals surface area contributed by atoms with Gasteiger partial charge in [-0.05, 0) is 55.3 Å². The lowest BCUT2D eigenvalue weighted by atomic mass is 10.1. The summed E-state index contributed by atoms with van der Waals surface area (Å²) in [4.78, 5) is 29.8. The Morgan fingerprint density at radius 3 is 2.48 bits per heavy atom. The zero-order chi connectivity index (χ0) is 16.2. The van der Waals surface area contributed by atoms with Gasteiger partial charge in [0.25, 0.3) is 5.91 Å². The van der Waals surface area contributed by atoms with Gasteiger partial charge in [0.05, 0.1) is 6.04 Å². The predicted octanol–water partition coefficient (Wildman–Crippen LogP) is 2.70. The van der Waals surface area contributed by atoms with Crippen LogP contribution in [0.15, 0.2) is 48.8 Å². The molecule has 3 rings (SSSR count). The summed E-state index contributed by atoms with van der Waals surface area (Å²) in [7, 11) is 0. The largest absolute Gasteiger partial charge is 0.346 e. The SMILES string of the molecule is C[C@@H](NC(=O)c1ccc(N2CCCC2=O)cc1)c1ccncc1. The van der Waals surface area contributed by atoms with Crippen molar-refractivity contribution < 1.29 is 9.59 Å². The van der Waals surface area contributed by atoms with Gasteiger partial charge in [0.2, 0.25) is 5.91 Å². The van der Waals surface area contributed by atoms with Crippen LogP contribution in [0.25, 0.3) is 0 Å². The molecule has 118 valence electrons. The quantitative estimate of drug-likeness (QED) is 0.944. The van der Waals surface area contributed by atoms with E-state index >= 15 is 0 Å². The van der Waals surface area contributed by atoms with E-state index in [0.717, 1.165) is 24.2 Å². The summed E-state index contributed by atoms with van der Waals surface area (Å²) in [5.74, 6) is 0.0159. The normalized spacial score (nSPS) is 15.5. The van der Waals surface area contributed by atoms with Gasteiger partial charge in [-0.2, -0.15) is 0 Å². The van der Waals surface area contributed by atoms with Crippen LogP contribution in [0.3, 0.4) is 0 Å². The molecular formula is C18H19N3O2. The van der Waals surface area contributed by atoms with Crippen molar-refractivity contribution in [2.24, 2.45) is 0 Å². The molecule has 1 atom stereocenters. The van der Waals surface area contributed by atoms with Gasteiger partial charge in [0.1, 0.15) is 0 Å². The highest BCUT2D eigenvalue weighted by Crippen LogP contribution is 2.22. The van der Waals surface area contributed by atoms with Crippen LogP contribution in [0.1, 0.15) is 41.7 Å². The summed E-state index contributed by atoms with van der Waals surface area (Å²) in [5, 5.41) is 2.96. The van der Waals surface area contributed by atoms with Gasteiger partial charge in [-0.3, -0.25) is 14.6 Å². The summed E-state index contributed by atoms with van der Waals surface area (Å²) in [6.07, 6.45) is 4.91. The first-order valence-corrected chi connectivity index (χ1v) is 7.76. The number of carbonyl (C=O) groups excluding carboxylic acids is 2. The number of hydrogen-bond acceptors (Lipinski definition) is 3. The van der Waals surface area contributed by atoms with Crippen molar-refractivity contribution in [2.75, 3.05) is 11.4 Å². The highest BCUT2D eigenvalue weighted by atomic mass is 16.2. The fourth-order valence-electron chi connectivity index (χ4n) is 2.73. The number of aromatic nitrogens is 1. The molecule has 0 bridgehead atoms. The van der Waals surface area contributed by atoms with E-state index in [1.165, 1.54) is 0 Å². The summed E-state index contributed by atoms with van der Waals surface area (Å²) in [6, 6.07) is 10.8. The van der Waals surface area contributed by atoms with Crippen molar-refractivity contribution in [3.05, 3.63) is 59.9 Å². The van der Waals surface area contributed by atoms with Crippen molar-refractivity contribution in [3.63, 3.8) is 0 Å². The fourth-order valence-corrected chi connectivity index (χ4v) is 2.73. The first-order valence-electron chi connectivity index (χ1n) is 7.76. The number of hydrogen-bond donors (Lipinski definition) is 1. The third-order valence-corrected chi connectivity index (χ3v) is 4.07. The Bertz CT molecular complexity index is 698. The first-order chi connectivity index (χ1) is 11.1. The van der Waals surface area contributed by atoms with Crippen LogP contribution in [0.5, 0.6) is 0 Å². The maximum absolute atomic E-state index is 12.3. The molecule has 0 aliphatic carbocycles. The molecule has 1 aliphatic rings. The van der Waals surface area contributed by atoms with Crippen LogP contribution < -0.4 is 10.2 Å². The van der Waals surface area contributed by atoms with Crippen molar-refractivity contribution >= 4 is 17.5 Å². The van der Waals surface area contributed by atoms with E-state index in [1.54, 1.807) is 29.4 Å². The smallest absolute Gasteiger partial charge is 0.251 e. The minimum atomic E-state index is -0.131. The standard InChI is InChI=1S/C18H19N3O2/c1-13(14-8-10-19-11-9-14)20-18(23)15-4-6-16(7-5-15)21-12-2-3-17(21)22/h4-11,13H,2-3,12H2,1H3,(H,20,23)/t13-/m1/s1. The molecular weight excluding hydrogens is 290 g/mol. The van der Waals surface area contributed by atoms with Gasteiger partial charge in [0.15, 0.2) is 0 Å². The fraction of sp³-hybridized carbons (Fsp3) is 0.278. The third-order valence-electron chi connectivity index (χ3n) is 4.07. The Kier molecular flexibility index (Phi) is 4.37. The molecule has 1 aliphatic heterocycles.